The lowest BCUT2D eigenvalue weighted by atomic mass is 10.1. The summed E-state index contributed by atoms with van der Waals surface area (Å²) in [5, 5.41) is 2.88. The number of carbonyl (C=O) groups is 1. The third kappa shape index (κ3) is 5.52. The van der Waals surface area contributed by atoms with Crippen LogP contribution >= 0.6 is 0 Å². The molecule has 2 rings (SSSR count). The molecule has 0 fully saturated rings. The molecule has 2 aromatic rings. The van der Waals surface area contributed by atoms with Crippen LogP contribution in [0.1, 0.15) is 30.0 Å². The van der Waals surface area contributed by atoms with Gasteiger partial charge in [-0.2, -0.15) is 0 Å². The van der Waals surface area contributed by atoms with E-state index in [9.17, 15) is 4.79 Å². The van der Waals surface area contributed by atoms with Gasteiger partial charge in [0.15, 0.2) is 6.10 Å². The fraction of sp³-hybridized carbons (Fsp3) is 0.381. The van der Waals surface area contributed by atoms with Gasteiger partial charge in [-0.1, -0.05) is 31.2 Å². The van der Waals surface area contributed by atoms with Crippen molar-refractivity contribution in [1.82, 2.24) is 5.32 Å². The number of rotatable bonds is 8. The van der Waals surface area contributed by atoms with Crippen molar-refractivity contribution in [2.75, 3.05) is 13.2 Å². The van der Waals surface area contributed by atoms with Gasteiger partial charge >= 0.3 is 0 Å². The Morgan fingerprint density at radius 3 is 2.48 bits per heavy atom. The molecule has 0 aliphatic rings. The minimum absolute atomic E-state index is 0.116. The van der Waals surface area contributed by atoms with Crippen molar-refractivity contribution in [3.8, 4) is 11.5 Å². The van der Waals surface area contributed by atoms with Gasteiger partial charge in [-0.15, -0.1) is 0 Å². The molecule has 25 heavy (non-hydrogen) atoms. The van der Waals surface area contributed by atoms with Gasteiger partial charge in [0.05, 0.1) is 6.54 Å². The van der Waals surface area contributed by atoms with Gasteiger partial charge in [0.2, 0.25) is 0 Å². The summed E-state index contributed by atoms with van der Waals surface area (Å²) in [6, 6.07) is 13.7. The van der Waals surface area contributed by atoms with E-state index in [1.807, 2.05) is 56.3 Å². The molecule has 1 atom stereocenters. The van der Waals surface area contributed by atoms with Crippen molar-refractivity contribution >= 4 is 5.91 Å². The van der Waals surface area contributed by atoms with Crippen LogP contribution in [0.25, 0.3) is 0 Å². The van der Waals surface area contributed by atoms with Crippen LogP contribution in [0.4, 0.5) is 0 Å². The summed E-state index contributed by atoms with van der Waals surface area (Å²) < 4.78 is 11.5. The number of amides is 1. The first-order chi connectivity index (χ1) is 12.0. The molecule has 0 spiro atoms. The molecule has 1 N–H and O–H groups in total. The van der Waals surface area contributed by atoms with Crippen LogP contribution in [0.2, 0.25) is 0 Å². The zero-order valence-electron chi connectivity index (χ0n) is 15.5. The Bertz CT molecular complexity index is 712. The smallest absolute Gasteiger partial charge is 0.261 e. The Morgan fingerprint density at radius 2 is 1.80 bits per heavy atom. The van der Waals surface area contributed by atoms with Gasteiger partial charge in [0, 0.05) is 0 Å². The van der Waals surface area contributed by atoms with E-state index in [1.54, 1.807) is 0 Å². The molecule has 0 radical (unpaired) electrons. The zero-order valence-corrected chi connectivity index (χ0v) is 15.5. The SMILES string of the molecule is CC[C@H](Oc1ccccc1C)C(=O)NCCOc1ccc(C)c(C)c1. The Balaban J connectivity index is 1.79. The second kappa shape index (κ2) is 9.11. The number of para-hydroxylation sites is 1. The highest BCUT2D eigenvalue weighted by atomic mass is 16.5. The van der Waals surface area contributed by atoms with Crippen molar-refractivity contribution in [2.45, 2.75) is 40.2 Å². The van der Waals surface area contributed by atoms with Gasteiger partial charge in [-0.05, 0) is 62.1 Å². The highest BCUT2D eigenvalue weighted by molar-refractivity contribution is 5.81. The third-order valence-electron chi connectivity index (χ3n) is 4.17. The van der Waals surface area contributed by atoms with Gasteiger partial charge in [-0.25, -0.2) is 0 Å². The van der Waals surface area contributed by atoms with Crippen LogP contribution < -0.4 is 14.8 Å². The first-order valence-electron chi connectivity index (χ1n) is 8.71. The molecule has 0 aliphatic carbocycles. The van der Waals surface area contributed by atoms with Crippen LogP contribution in [0.5, 0.6) is 11.5 Å². The molecule has 134 valence electrons. The second-order valence-corrected chi connectivity index (χ2v) is 6.17. The van der Waals surface area contributed by atoms with E-state index in [0.717, 1.165) is 17.1 Å². The maximum absolute atomic E-state index is 12.3. The maximum Gasteiger partial charge on any atom is 0.261 e. The Hall–Kier alpha value is -2.49. The first kappa shape index (κ1) is 18.8. The average Bonchev–Trinajstić information content (AvgIpc) is 2.60. The molecule has 0 saturated heterocycles. The van der Waals surface area contributed by atoms with E-state index in [0.29, 0.717) is 19.6 Å². The largest absolute Gasteiger partial charge is 0.492 e. The van der Waals surface area contributed by atoms with Crippen LogP contribution in [-0.2, 0) is 4.79 Å². The first-order valence-corrected chi connectivity index (χ1v) is 8.71. The number of hydrogen-bond donors (Lipinski definition) is 1. The molecule has 4 heteroatoms. The third-order valence-corrected chi connectivity index (χ3v) is 4.17. The van der Waals surface area contributed by atoms with Gasteiger partial charge in [-0.3, -0.25) is 4.79 Å². The van der Waals surface area contributed by atoms with Crippen molar-refractivity contribution in [2.24, 2.45) is 0 Å². The number of ether oxygens (including phenoxy) is 2. The van der Waals surface area contributed by atoms with Crippen molar-refractivity contribution in [3.63, 3.8) is 0 Å². The van der Waals surface area contributed by atoms with Crippen LogP contribution in [0.15, 0.2) is 42.5 Å². The number of benzene rings is 2. The molecular weight excluding hydrogens is 314 g/mol. The van der Waals surface area contributed by atoms with Crippen molar-refractivity contribution in [3.05, 3.63) is 59.2 Å². The summed E-state index contributed by atoms with van der Waals surface area (Å²) in [4.78, 5) is 12.3. The topological polar surface area (TPSA) is 47.6 Å². The maximum atomic E-state index is 12.3. The highest BCUT2D eigenvalue weighted by Crippen LogP contribution is 2.19. The molecule has 0 aliphatic heterocycles. The van der Waals surface area contributed by atoms with Crippen LogP contribution in [0, 0.1) is 20.8 Å². The molecular formula is C21H27NO3. The molecule has 0 heterocycles. The van der Waals surface area contributed by atoms with E-state index >= 15 is 0 Å². The van der Waals surface area contributed by atoms with Gasteiger partial charge in [0.25, 0.3) is 5.91 Å². The van der Waals surface area contributed by atoms with Crippen LogP contribution in [-0.4, -0.2) is 25.2 Å². The van der Waals surface area contributed by atoms with Crippen molar-refractivity contribution in [1.29, 1.82) is 0 Å². The monoisotopic (exact) mass is 341 g/mol. The number of carbonyl (C=O) groups excluding carboxylic acids is 1. The van der Waals surface area contributed by atoms with Crippen LogP contribution in [0.3, 0.4) is 0 Å². The number of nitrogens with one attached hydrogen (secondary N) is 1. The summed E-state index contributed by atoms with van der Waals surface area (Å²) >= 11 is 0. The molecule has 0 unspecified atom stereocenters. The molecule has 1 amide bonds. The van der Waals surface area contributed by atoms with Crippen molar-refractivity contribution < 1.29 is 14.3 Å². The van der Waals surface area contributed by atoms with E-state index in [4.69, 9.17) is 9.47 Å². The van der Waals surface area contributed by atoms with E-state index in [2.05, 4.69) is 19.2 Å². The summed E-state index contributed by atoms with van der Waals surface area (Å²) in [6.45, 7) is 8.90. The normalized spacial score (nSPS) is 11.7. The lowest BCUT2D eigenvalue weighted by Gasteiger charge is -2.18. The molecule has 0 saturated carbocycles. The second-order valence-electron chi connectivity index (χ2n) is 6.17. The molecule has 0 aromatic heterocycles. The lowest BCUT2D eigenvalue weighted by Crippen LogP contribution is -2.39. The minimum Gasteiger partial charge on any atom is -0.492 e. The fourth-order valence-corrected chi connectivity index (χ4v) is 2.42. The fourth-order valence-electron chi connectivity index (χ4n) is 2.42. The minimum atomic E-state index is -0.497. The average molecular weight is 341 g/mol. The van der Waals surface area contributed by atoms with E-state index in [-0.39, 0.29) is 5.91 Å². The summed E-state index contributed by atoms with van der Waals surface area (Å²) in [5.74, 6) is 1.45. The summed E-state index contributed by atoms with van der Waals surface area (Å²) in [6.07, 6.45) is 0.112. The summed E-state index contributed by atoms with van der Waals surface area (Å²) in [5.41, 5.74) is 3.45. The Morgan fingerprint density at radius 1 is 1.04 bits per heavy atom. The predicted molar refractivity (Wildman–Crippen MR) is 100 cm³/mol. The zero-order chi connectivity index (χ0) is 18.2. The number of aryl methyl sites for hydroxylation is 3. The lowest BCUT2D eigenvalue weighted by molar-refractivity contribution is -0.128. The van der Waals surface area contributed by atoms with Gasteiger partial charge in [0.1, 0.15) is 18.1 Å². The molecule has 0 bridgehead atoms. The quantitative estimate of drug-likeness (QED) is 0.739. The number of hydrogen-bond acceptors (Lipinski definition) is 3. The van der Waals surface area contributed by atoms with Gasteiger partial charge < -0.3 is 14.8 Å². The molecule has 2 aromatic carbocycles. The highest BCUT2D eigenvalue weighted by Gasteiger charge is 2.18. The van der Waals surface area contributed by atoms with E-state index < -0.39 is 6.10 Å². The Labute approximate surface area is 150 Å². The predicted octanol–water partition coefficient (Wildman–Crippen LogP) is 3.96. The molecule has 4 nitrogen and oxygen atoms in total. The standard InChI is InChI=1S/C21H27NO3/c1-5-19(25-20-9-7-6-8-16(20)3)21(23)22-12-13-24-18-11-10-15(2)17(4)14-18/h6-11,14,19H,5,12-13H2,1-4H3,(H,22,23)/t19-/m0/s1. The van der Waals surface area contributed by atoms with E-state index in [1.165, 1.54) is 11.1 Å². The Kier molecular flexibility index (Phi) is 6.87. The summed E-state index contributed by atoms with van der Waals surface area (Å²) in [7, 11) is 0.